The Hall–Kier alpha value is -3.21. The van der Waals surface area contributed by atoms with Crippen LogP contribution in [-0.2, 0) is 29.0 Å². The van der Waals surface area contributed by atoms with Gasteiger partial charge >= 0.3 is 0 Å². The summed E-state index contributed by atoms with van der Waals surface area (Å²) in [4.78, 5) is 26.7. The van der Waals surface area contributed by atoms with Gasteiger partial charge in [-0.05, 0) is 12.0 Å². The Bertz CT molecular complexity index is 948. The molecule has 4 rings (SSSR count). The Morgan fingerprint density at radius 3 is 2.44 bits per heavy atom. The maximum Gasteiger partial charge on any atom is 0.290 e. The van der Waals surface area contributed by atoms with Crippen LogP contribution in [0, 0.1) is 0 Å². The first kappa shape index (κ1) is 17.2. The summed E-state index contributed by atoms with van der Waals surface area (Å²) in [5.74, 6) is -0.719. The van der Waals surface area contributed by atoms with Crippen molar-refractivity contribution in [2.75, 3.05) is 6.54 Å². The highest BCUT2D eigenvalue weighted by molar-refractivity contribution is 6.36. The molecule has 0 fully saturated rings. The first-order valence-corrected chi connectivity index (χ1v) is 9.20. The van der Waals surface area contributed by atoms with E-state index in [0.29, 0.717) is 25.9 Å². The van der Waals surface area contributed by atoms with Gasteiger partial charge in [-0.15, -0.1) is 0 Å². The summed E-state index contributed by atoms with van der Waals surface area (Å²) in [6, 6.07) is 19.7. The molecule has 0 atom stereocenters. The number of ketones is 1. The van der Waals surface area contributed by atoms with Gasteiger partial charge in [-0.25, -0.2) is 0 Å². The number of benzene rings is 2. The Labute approximate surface area is 158 Å². The minimum Gasteiger partial charge on any atom is -0.331 e. The molecule has 1 amide bonds. The number of nitrogens with one attached hydrogen (secondary N) is 1. The number of aromatic nitrogens is 2. The monoisotopic (exact) mass is 359 g/mol. The third kappa shape index (κ3) is 3.67. The zero-order valence-corrected chi connectivity index (χ0v) is 15.0. The van der Waals surface area contributed by atoms with E-state index in [-0.39, 0.29) is 12.2 Å². The molecule has 0 saturated carbocycles. The molecule has 0 unspecified atom stereocenters. The maximum absolute atomic E-state index is 12.6. The van der Waals surface area contributed by atoms with Gasteiger partial charge in [-0.1, -0.05) is 60.7 Å². The summed E-state index contributed by atoms with van der Waals surface area (Å²) in [5, 5.41) is 7.52. The zero-order chi connectivity index (χ0) is 18.6. The van der Waals surface area contributed by atoms with Crippen LogP contribution in [0.3, 0.4) is 0 Å². The number of Topliss-reactive ketones (excluding diaryl/α,β-unsaturated/α-hetero) is 1. The van der Waals surface area contributed by atoms with Crippen LogP contribution in [0.2, 0.25) is 0 Å². The fraction of sp³-hybridized carbons (Fsp3) is 0.227. The van der Waals surface area contributed by atoms with E-state index in [9.17, 15) is 9.59 Å². The van der Waals surface area contributed by atoms with Crippen LogP contribution >= 0.6 is 0 Å². The van der Waals surface area contributed by atoms with Crippen molar-refractivity contribution in [1.82, 2.24) is 15.1 Å². The molecule has 27 heavy (non-hydrogen) atoms. The predicted octanol–water partition coefficient (Wildman–Crippen LogP) is 3.16. The van der Waals surface area contributed by atoms with Gasteiger partial charge < -0.3 is 4.90 Å². The summed E-state index contributed by atoms with van der Waals surface area (Å²) in [6.07, 6.45) is 1.52. The number of aryl methyl sites for hydroxylation is 1. The lowest BCUT2D eigenvalue weighted by molar-refractivity contribution is -0.145. The lowest BCUT2D eigenvalue weighted by atomic mass is 10.00. The summed E-state index contributed by atoms with van der Waals surface area (Å²) < 4.78 is 0. The van der Waals surface area contributed by atoms with E-state index >= 15 is 0 Å². The zero-order valence-electron chi connectivity index (χ0n) is 15.0. The molecule has 5 heteroatoms. The minimum atomic E-state index is -0.392. The number of hydrogen-bond donors (Lipinski definition) is 1. The van der Waals surface area contributed by atoms with E-state index in [0.717, 1.165) is 28.1 Å². The number of carbonyl (C=O) groups excluding carboxylic acids is 2. The Morgan fingerprint density at radius 1 is 1.00 bits per heavy atom. The van der Waals surface area contributed by atoms with Gasteiger partial charge in [-0.2, -0.15) is 5.10 Å². The summed E-state index contributed by atoms with van der Waals surface area (Å²) in [7, 11) is 0. The van der Waals surface area contributed by atoms with Gasteiger partial charge in [0.1, 0.15) is 0 Å². The molecule has 0 spiro atoms. The first-order valence-electron chi connectivity index (χ1n) is 9.20. The number of carbonyl (C=O) groups is 2. The third-order valence-electron chi connectivity index (χ3n) is 4.99. The largest absolute Gasteiger partial charge is 0.331 e. The molecule has 0 saturated heterocycles. The third-order valence-corrected chi connectivity index (χ3v) is 4.99. The van der Waals surface area contributed by atoms with Gasteiger partial charge in [0.2, 0.25) is 5.78 Å². The second-order valence-corrected chi connectivity index (χ2v) is 6.78. The van der Waals surface area contributed by atoms with Crippen molar-refractivity contribution in [3.05, 3.63) is 77.5 Å². The Morgan fingerprint density at radius 2 is 1.70 bits per heavy atom. The average Bonchev–Trinajstić information content (AvgIpc) is 3.16. The molecule has 1 aromatic heterocycles. The summed E-state index contributed by atoms with van der Waals surface area (Å²) in [6.45, 7) is 0.964. The molecule has 5 nitrogen and oxygen atoms in total. The molecule has 2 aromatic carbocycles. The molecular weight excluding hydrogens is 338 g/mol. The highest BCUT2D eigenvalue weighted by atomic mass is 16.2. The number of fused-ring (bicyclic) bond motifs is 1. The second kappa shape index (κ2) is 7.58. The van der Waals surface area contributed by atoms with Crippen molar-refractivity contribution >= 4 is 11.7 Å². The lowest BCUT2D eigenvalue weighted by Gasteiger charge is -2.26. The summed E-state index contributed by atoms with van der Waals surface area (Å²) in [5.41, 5.74) is 5.01. The molecule has 0 aliphatic carbocycles. The number of nitrogens with zero attached hydrogens (tertiary/aromatic N) is 2. The van der Waals surface area contributed by atoms with Crippen LogP contribution in [0.4, 0.5) is 0 Å². The van der Waals surface area contributed by atoms with Crippen LogP contribution in [0.1, 0.15) is 23.2 Å². The SMILES string of the molecule is O=C(CCc1ccccc1)C(=O)N1CCc2[nH]nc(-c3ccccc3)c2C1. The highest BCUT2D eigenvalue weighted by Crippen LogP contribution is 2.28. The van der Waals surface area contributed by atoms with Crippen LogP contribution in [0.15, 0.2) is 60.7 Å². The number of aromatic amines is 1. The van der Waals surface area contributed by atoms with Crippen molar-refractivity contribution in [3.8, 4) is 11.3 Å². The average molecular weight is 359 g/mol. The van der Waals surface area contributed by atoms with Gasteiger partial charge in [0.05, 0.1) is 12.2 Å². The Kier molecular flexibility index (Phi) is 4.83. The van der Waals surface area contributed by atoms with Crippen molar-refractivity contribution < 1.29 is 9.59 Å². The van der Waals surface area contributed by atoms with E-state index < -0.39 is 5.91 Å². The predicted molar refractivity (Wildman–Crippen MR) is 103 cm³/mol. The molecule has 136 valence electrons. The van der Waals surface area contributed by atoms with Gasteiger partial charge in [0, 0.05) is 36.2 Å². The number of rotatable bonds is 5. The number of amides is 1. The van der Waals surface area contributed by atoms with Gasteiger partial charge in [0.15, 0.2) is 0 Å². The second-order valence-electron chi connectivity index (χ2n) is 6.78. The first-order chi connectivity index (χ1) is 13.2. The van der Waals surface area contributed by atoms with Gasteiger partial charge in [-0.3, -0.25) is 14.7 Å². The standard InChI is InChI=1S/C22H21N3O2/c26-20(12-11-16-7-3-1-4-8-16)22(27)25-14-13-19-18(15-25)21(24-23-19)17-9-5-2-6-10-17/h1-10H,11-15H2,(H,23,24). The molecule has 0 bridgehead atoms. The lowest BCUT2D eigenvalue weighted by Crippen LogP contribution is -2.40. The fourth-order valence-electron chi connectivity index (χ4n) is 3.49. The van der Waals surface area contributed by atoms with Crippen molar-refractivity contribution in [2.24, 2.45) is 0 Å². The fourth-order valence-corrected chi connectivity index (χ4v) is 3.49. The van der Waals surface area contributed by atoms with E-state index in [2.05, 4.69) is 10.2 Å². The minimum absolute atomic E-state index is 0.239. The Balaban J connectivity index is 1.45. The molecule has 1 aliphatic rings. The molecule has 1 N–H and O–H groups in total. The maximum atomic E-state index is 12.6. The number of hydrogen-bond acceptors (Lipinski definition) is 3. The van der Waals surface area contributed by atoms with E-state index in [1.165, 1.54) is 0 Å². The molecule has 3 aromatic rings. The number of H-pyrrole nitrogens is 1. The van der Waals surface area contributed by atoms with Crippen molar-refractivity contribution in [3.63, 3.8) is 0 Å². The molecular formula is C22H21N3O2. The normalized spacial score (nSPS) is 13.3. The van der Waals surface area contributed by atoms with Crippen molar-refractivity contribution in [1.29, 1.82) is 0 Å². The topological polar surface area (TPSA) is 66.1 Å². The highest BCUT2D eigenvalue weighted by Gasteiger charge is 2.28. The van der Waals surface area contributed by atoms with Crippen LogP contribution in [-0.4, -0.2) is 33.3 Å². The quantitative estimate of drug-likeness (QED) is 0.712. The smallest absolute Gasteiger partial charge is 0.290 e. The van der Waals surface area contributed by atoms with Crippen molar-refractivity contribution in [2.45, 2.75) is 25.8 Å². The van der Waals surface area contributed by atoms with E-state index in [4.69, 9.17) is 0 Å². The molecule has 1 aliphatic heterocycles. The van der Waals surface area contributed by atoms with Crippen LogP contribution in [0.5, 0.6) is 0 Å². The van der Waals surface area contributed by atoms with E-state index in [1.807, 2.05) is 60.7 Å². The summed E-state index contributed by atoms with van der Waals surface area (Å²) >= 11 is 0. The van der Waals surface area contributed by atoms with Gasteiger partial charge in [0.25, 0.3) is 5.91 Å². The molecule has 0 radical (unpaired) electrons. The van der Waals surface area contributed by atoms with E-state index in [1.54, 1.807) is 4.90 Å². The molecule has 2 heterocycles. The van der Waals surface area contributed by atoms with Crippen LogP contribution < -0.4 is 0 Å². The van der Waals surface area contributed by atoms with Crippen LogP contribution in [0.25, 0.3) is 11.3 Å².